The third-order valence-corrected chi connectivity index (χ3v) is 3.69. The predicted molar refractivity (Wildman–Crippen MR) is 80.7 cm³/mol. The fourth-order valence-electron chi connectivity index (χ4n) is 2.33. The van der Waals surface area contributed by atoms with Crippen LogP contribution in [0.5, 0.6) is 0 Å². The molecule has 2 N–H and O–H groups in total. The summed E-state index contributed by atoms with van der Waals surface area (Å²) in [4.78, 5) is 24.4. The molecule has 1 atom stereocenters. The van der Waals surface area contributed by atoms with E-state index in [1.807, 2.05) is 20.8 Å². The van der Waals surface area contributed by atoms with Crippen molar-refractivity contribution >= 4 is 12.0 Å². The lowest BCUT2D eigenvalue weighted by Crippen LogP contribution is -2.44. The Hall–Kier alpha value is -1.26. The van der Waals surface area contributed by atoms with Crippen LogP contribution in [-0.4, -0.2) is 41.1 Å². The van der Waals surface area contributed by atoms with E-state index in [-0.39, 0.29) is 18.5 Å². The second-order valence-electron chi connectivity index (χ2n) is 5.84. The summed E-state index contributed by atoms with van der Waals surface area (Å²) in [6.07, 6.45) is 1.70. The van der Waals surface area contributed by atoms with Gasteiger partial charge in [-0.3, -0.25) is 4.79 Å². The number of urea groups is 1. The number of nitrogens with zero attached hydrogens (tertiary/aromatic N) is 1. The van der Waals surface area contributed by atoms with Crippen LogP contribution in [0.2, 0.25) is 0 Å². The summed E-state index contributed by atoms with van der Waals surface area (Å²) in [7, 11) is 0. The summed E-state index contributed by atoms with van der Waals surface area (Å²) in [5, 5.41) is 11.7. The van der Waals surface area contributed by atoms with E-state index in [1.165, 1.54) is 0 Å². The number of amides is 2. The van der Waals surface area contributed by atoms with E-state index < -0.39 is 5.97 Å². The molecule has 0 radical (unpaired) electrons. The largest absolute Gasteiger partial charge is 0.481 e. The van der Waals surface area contributed by atoms with Crippen LogP contribution in [0.3, 0.4) is 0 Å². The first-order chi connectivity index (χ1) is 9.29. The van der Waals surface area contributed by atoms with Gasteiger partial charge in [0.15, 0.2) is 0 Å². The van der Waals surface area contributed by atoms with Crippen LogP contribution in [0.15, 0.2) is 0 Å². The normalized spacial score (nSPS) is 12.6. The maximum absolute atomic E-state index is 12.0. The Labute approximate surface area is 122 Å². The number of nitrogens with one attached hydrogen (secondary N) is 1. The van der Waals surface area contributed by atoms with Gasteiger partial charge in [-0.15, -0.1) is 0 Å². The van der Waals surface area contributed by atoms with Gasteiger partial charge >= 0.3 is 12.0 Å². The van der Waals surface area contributed by atoms with Crippen LogP contribution in [-0.2, 0) is 4.79 Å². The standard InChI is InChI=1S/C15H30N2O3/c1-6-17(12(4)5)15(20)16-10-9-13(11(2)3)7-8-14(18)19/h11-13H,6-10H2,1-5H3,(H,16,20)(H,18,19). The Morgan fingerprint density at radius 3 is 2.15 bits per heavy atom. The summed E-state index contributed by atoms with van der Waals surface area (Å²) in [5.41, 5.74) is 0. The second kappa shape index (κ2) is 9.61. The number of carbonyl (C=O) groups is 2. The highest BCUT2D eigenvalue weighted by molar-refractivity contribution is 5.74. The average molecular weight is 286 g/mol. The SMILES string of the molecule is CCN(C(=O)NCCC(CCC(=O)O)C(C)C)C(C)C. The molecule has 0 bridgehead atoms. The van der Waals surface area contributed by atoms with Crippen molar-refractivity contribution in [3.63, 3.8) is 0 Å². The summed E-state index contributed by atoms with van der Waals surface area (Å²) < 4.78 is 0. The number of aliphatic carboxylic acids is 1. The van der Waals surface area contributed by atoms with Gasteiger partial charge in [0.2, 0.25) is 0 Å². The maximum atomic E-state index is 12.0. The van der Waals surface area contributed by atoms with Crippen LogP contribution in [0.25, 0.3) is 0 Å². The molecule has 118 valence electrons. The van der Waals surface area contributed by atoms with Crippen LogP contribution in [0, 0.1) is 11.8 Å². The highest BCUT2D eigenvalue weighted by Gasteiger charge is 2.17. The van der Waals surface area contributed by atoms with Gasteiger partial charge in [0.05, 0.1) is 0 Å². The molecule has 0 aromatic rings. The molecule has 0 saturated carbocycles. The number of hydrogen-bond donors (Lipinski definition) is 2. The minimum Gasteiger partial charge on any atom is -0.481 e. The Kier molecular flexibility index (Phi) is 9.01. The second-order valence-corrected chi connectivity index (χ2v) is 5.84. The molecule has 0 aliphatic carbocycles. The van der Waals surface area contributed by atoms with E-state index in [0.717, 1.165) is 6.42 Å². The lowest BCUT2D eigenvalue weighted by molar-refractivity contribution is -0.137. The average Bonchev–Trinajstić information content (AvgIpc) is 2.32. The Bertz CT molecular complexity index is 303. The van der Waals surface area contributed by atoms with E-state index in [9.17, 15) is 9.59 Å². The van der Waals surface area contributed by atoms with Crippen LogP contribution >= 0.6 is 0 Å². The van der Waals surface area contributed by atoms with Crippen molar-refractivity contribution < 1.29 is 14.7 Å². The summed E-state index contributed by atoms with van der Waals surface area (Å²) in [5.74, 6) is 0.0100. The Morgan fingerprint density at radius 1 is 1.15 bits per heavy atom. The van der Waals surface area contributed by atoms with Gasteiger partial charge in [-0.2, -0.15) is 0 Å². The van der Waals surface area contributed by atoms with Crippen molar-refractivity contribution in [3.8, 4) is 0 Å². The number of hydrogen-bond acceptors (Lipinski definition) is 2. The molecule has 0 aromatic carbocycles. The van der Waals surface area contributed by atoms with Gasteiger partial charge in [0.25, 0.3) is 0 Å². The van der Waals surface area contributed by atoms with Gasteiger partial charge in [-0.05, 0) is 45.4 Å². The van der Waals surface area contributed by atoms with Crippen LogP contribution in [0.4, 0.5) is 4.79 Å². The molecule has 5 nitrogen and oxygen atoms in total. The van der Waals surface area contributed by atoms with Crippen molar-refractivity contribution in [2.75, 3.05) is 13.1 Å². The van der Waals surface area contributed by atoms with Crippen molar-refractivity contribution in [2.45, 2.75) is 59.9 Å². The highest BCUT2D eigenvalue weighted by atomic mass is 16.4. The van der Waals surface area contributed by atoms with Gasteiger partial charge in [0, 0.05) is 25.6 Å². The third-order valence-electron chi connectivity index (χ3n) is 3.69. The van der Waals surface area contributed by atoms with Crippen molar-refractivity contribution in [1.29, 1.82) is 0 Å². The highest BCUT2D eigenvalue weighted by Crippen LogP contribution is 2.20. The molecular weight excluding hydrogens is 256 g/mol. The molecule has 1 unspecified atom stereocenters. The smallest absolute Gasteiger partial charge is 0.317 e. The zero-order chi connectivity index (χ0) is 15.7. The van der Waals surface area contributed by atoms with Gasteiger partial charge in [-0.25, -0.2) is 4.79 Å². The topological polar surface area (TPSA) is 69.6 Å². The third kappa shape index (κ3) is 7.36. The molecular formula is C15H30N2O3. The monoisotopic (exact) mass is 286 g/mol. The zero-order valence-electron chi connectivity index (χ0n) is 13.5. The van der Waals surface area contributed by atoms with Crippen molar-refractivity contribution in [2.24, 2.45) is 11.8 Å². The van der Waals surface area contributed by atoms with E-state index in [2.05, 4.69) is 19.2 Å². The van der Waals surface area contributed by atoms with Crippen LogP contribution < -0.4 is 5.32 Å². The molecule has 0 spiro atoms. The minimum atomic E-state index is -0.753. The fraction of sp³-hybridized carbons (Fsp3) is 0.867. The lowest BCUT2D eigenvalue weighted by Gasteiger charge is -2.26. The zero-order valence-corrected chi connectivity index (χ0v) is 13.5. The lowest BCUT2D eigenvalue weighted by atomic mass is 9.88. The first-order valence-corrected chi connectivity index (χ1v) is 7.55. The molecule has 0 aliphatic rings. The fourth-order valence-corrected chi connectivity index (χ4v) is 2.33. The molecule has 0 fully saturated rings. The first kappa shape index (κ1) is 18.7. The molecule has 20 heavy (non-hydrogen) atoms. The van der Waals surface area contributed by atoms with E-state index in [1.54, 1.807) is 4.90 Å². The molecule has 0 rings (SSSR count). The van der Waals surface area contributed by atoms with Gasteiger partial charge in [0.1, 0.15) is 0 Å². The van der Waals surface area contributed by atoms with Crippen molar-refractivity contribution in [3.05, 3.63) is 0 Å². The quantitative estimate of drug-likeness (QED) is 0.684. The number of carboxylic acid groups (broad SMARTS) is 1. The number of rotatable bonds is 9. The molecule has 0 aliphatic heterocycles. The summed E-state index contributed by atoms with van der Waals surface area (Å²) >= 11 is 0. The van der Waals surface area contributed by atoms with Gasteiger partial charge in [-0.1, -0.05) is 13.8 Å². The van der Waals surface area contributed by atoms with Crippen molar-refractivity contribution in [1.82, 2.24) is 10.2 Å². The maximum Gasteiger partial charge on any atom is 0.317 e. The van der Waals surface area contributed by atoms with E-state index in [0.29, 0.717) is 31.3 Å². The number of carboxylic acids is 1. The molecule has 2 amide bonds. The predicted octanol–water partition coefficient (Wildman–Crippen LogP) is 2.95. The molecule has 5 heteroatoms. The van der Waals surface area contributed by atoms with E-state index >= 15 is 0 Å². The minimum absolute atomic E-state index is 0.0387. The first-order valence-electron chi connectivity index (χ1n) is 7.55. The summed E-state index contributed by atoms with van der Waals surface area (Å²) in [6, 6.07) is 0.149. The Morgan fingerprint density at radius 2 is 1.75 bits per heavy atom. The molecule has 0 saturated heterocycles. The molecule has 0 heterocycles. The Balaban J connectivity index is 4.16. The van der Waals surface area contributed by atoms with Crippen LogP contribution in [0.1, 0.15) is 53.9 Å². The molecule has 0 aromatic heterocycles. The number of carbonyl (C=O) groups excluding carboxylic acids is 1. The summed E-state index contributed by atoms with van der Waals surface area (Å²) in [6.45, 7) is 11.4. The van der Waals surface area contributed by atoms with Gasteiger partial charge < -0.3 is 15.3 Å². The van der Waals surface area contributed by atoms with E-state index in [4.69, 9.17) is 5.11 Å².